The number of hydrogen-bond acceptors (Lipinski definition) is 3. The molecule has 2 aliphatic carbocycles. The summed E-state index contributed by atoms with van der Waals surface area (Å²) in [7, 11) is 0. The number of likely N-dealkylation sites (tertiary alicyclic amines) is 1. The molecule has 0 aromatic heterocycles. The lowest BCUT2D eigenvalue weighted by atomic mass is 9.84. The Kier molecular flexibility index (Phi) is 4.04. The molecule has 2 saturated carbocycles. The van der Waals surface area contributed by atoms with Crippen LogP contribution in [0.25, 0.3) is 0 Å². The topological polar surface area (TPSA) is 52.6 Å². The first-order valence-electron chi connectivity index (χ1n) is 8.68. The van der Waals surface area contributed by atoms with Gasteiger partial charge in [0.1, 0.15) is 5.54 Å². The van der Waals surface area contributed by atoms with Gasteiger partial charge in [-0.1, -0.05) is 13.8 Å². The van der Waals surface area contributed by atoms with Crippen molar-refractivity contribution in [3.05, 3.63) is 0 Å². The van der Waals surface area contributed by atoms with Crippen LogP contribution in [0.3, 0.4) is 0 Å². The zero-order chi connectivity index (χ0) is 15.2. The molecule has 0 spiro atoms. The van der Waals surface area contributed by atoms with E-state index in [4.69, 9.17) is 0 Å². The number of aliphatic carboxylic acids is 1. The maximum absolute atomic E-state index is 11.8. The molecule has 4 nitrogen and oxygen atoms in total. The Morgan fingerprint density at radius 1 is 1.24 bits per heavy atom. The third-order valence-electron chi connectivity index (χ3n) is 6.07. The highest BCUT2D eigenvalue weighted by molar-refractivity contribution is 5.79. The Hall–Kier alpha value is -0.610. The molecule has 0 aromatic rings. The third-order valence-corrected chi connectivity index (χ3v) is 6.07. The maximum atomic E-state index is 11.8. The minimum atomic E-state index is -0.657. The molecule has 3 rings (SSSR count). The molecule has 1 saturated heterocycles. The van der Waals surface area contributed by atoms with Crippen LogP contribution in [-0.4, -0.2) is 46.2 Å². The van der Waals surface area contributed by atoms with Crippen LogP contribution >= 0.6 is 0 Å². The Morgan fingerprint density at radius 2 is 1.95 bits per heavy atom. The quantitative estimate of drug-likeness (QED) is 0.836. The summed E-state index contributed by atoms with van der Waals surface area (Å²) in [6, 6.07) is 1.47. The second-order valence-electron chi connectivity index (χ2n) is 7.96. The number of carboxylic acid groups (broad SMARTS) is 1. The van der Waals surface area contributed by atoms with Gasteiger partial charge in [0.15, 0.2) is 0 Å². The number of nitrogens with zero attached hydrogens (tertiary/aromatic N) is 1. The fourth-order valence-corrected chi connectivity index (χ4v) is 4.55. The number of carboxylic acids is 1. The molecule has 1 heterocycles. The van der Waals surface area contributed by atoms with E-state index in [1.165, 1.54) is 6.42 Å². The number of piperidine rings is 1. The summed E-state index contributed by atoms with van der Waals surface area (Å²) in [6.45, 7) is 8.13. The van der Waals surface area contributed by atoms with Crippen molar-refractivity contribution in [3.63, 3.8) is 0 Å². The van der Waals surface area contributed by atoms with Crippen LogP contribution in [0.5, 0.6) is 0 Å². The SMILES string of the molecule is CC1CC(C)C(C)N(C2CCC(NC3CC3)(C(=O)O)C2)C1. The van der Waals surface area contributed by atoms with E-state index in [-0.39, 0.29) is 0 Å². The summed E-state index contributed by atoms with van der Waals surface area (Å²) in [5.74, 6) is 0.806. The number of rotatable bonds is 4. The average molecular weight is 294 g/mol. The normalized spacial score (nSPS) is 44.9. The molecule has 3 aliphatic rings. The molecule has 0 bridgehead atoms. The lowest BCUT2D eigenvalue weighted by Crippen LogP contribution is -2.54. The van der Waals surface area contributed by atoms with Crippen molar-refractivity contribution in [1.82, 2.24) is 10.2 Å². The van der Waals surface area contributed by atoms with Gasteiger partial charge in [0.05, 0.1) is 0 Å². The van der Waals surface area contributed by atoms with Gasteiger partial charge in [-0.3, -0.25) is 15.0 Å². The number of hydrogen-bond donors (Lipinski definition) is 2. The van der Waals surface area contributed by atoms with Gasteiger partial charge in [0, 0.05) is 24.7 Å². The Morgan fingerprint density at radius 3 is 2.57 bits per heavy atom. The zero-order valence-electron chi connectivity index (χ0n) is 13.6. The summed E-state index contributed by atoms with van der Waals surface area (Å²) >= 11 is 0. The lowest BCUT2D eigenvalue weighted by Gasteiger charge is -2.45. The highest BCUT2D eigenvalue weighted by Crippen LogP contribution is 2.40. The standard InChI is InChI=1S/C17H30N2O2/c1-11-8-12(2)13(3)19(10-11)15-6-7-17(9-15,16(20)21)18-14-4-5-14/h11-15,18H,4-10H2,1-3H3,(H,20,21). The minimum absolute atomic E-state index is 0.438. The first kappa shape index (κ1) is 15.3. The Labute approximate surface area is 128 Å². The van der Waals surface area contributed by atoms with Gasteiger partial charge in [-0.15, -0.1) is 0 Å². The van der Waals surface area contributed by atoms with Crippen molar-refractivity contribution < 1.29 is 9.90 Å². The van der Waals surface area contributed by atoms with Crippen LogP contribution in [0.15, 0.2) is 0 Å². The fourth-order valence-electron chi connectivity index (χ4n) is 4.55. The summed E-state index contributed by atoms with van der Waals surface area (Å²) in [5.41, 5.74) is -0.657. The van der Waals surface area contributed by atoms with Gasteiger partial charge in [-0.25, -0.2) is 0 Å². The van der Waals surface area contributed by atoms with Gasteiger partial charge < -0.3 is 5.11 Å². The first-order valence-corrected chi connectivity index (χ1v) is 8.68. The van der Waals surface area contributed by atoms with Gasteiger partial charge in [0.2, 0.25) is 0 Å². The van der Waals surface area contributed by atoms with E-state index in [0.29, 0.717) is 24.0 Å². The van der Waals surface area contributed by atoms with Crippen LogP contribution in [0.1, 0.15) is 59.3 Å². The smallest absolute Gasteiger partial charge is 0.323 e. The number of carbonyl (C=O) groups is 1. The largest absolute Gasteiger partial charge is 0.480 e. The molecule has 0 aromatic carbocycles. The Balaban J connectivity index is 1.71. The van der Waals surface area contributed by atoms with Crippen molar-refractivity contribution in [2.75, 3.05) is 6.54 Å². The number of nitrogens with one attached hydrogen (secondary N) is 1. The molecule has 4 heteroatoms. The molecule has 120 valence electrons. The van der Waals surface area contributed by atoms with E-state index in [9.17, 15) is 9.90 Å². The molecule has 5 atom stereocenters. The third kappa shape index (κ3) is 2.98. The van der Waals surface area contributed by atoms with Crippen LogP contribution in [-0.2, 0) is 4.79 Å². The van der Waals surface area contributed by atoms with E-state index < -0.39 is 11.5 Å². The lowest BCUT2D eigenvalue weighted by molar-refractivity contribution is -0.145. The molecule has 0 radical (unpaired) electrons. The van der Waals surface area contributed by atoms with Crippen molar-refractivity contribution in [1.29, 1.82) is 0 Å². The molecule has 21 heavy (non-hydrogen) atoms. The van der Waals surface area contributed by atoms with Crippen molar-refractivity contribution in [3.8, 4) is 0 Å². The van der Waals surface area contributed by atoms with E-state index in [1.54, 1.807) is 0 Å². The minimum Gasteiger partial charge on any atom is -0.480 e. The predicted molar refractivity (Wildman–Crippen MR) is 83.3 cm³/mol. The molecule has 5 unspecified atom stereocenters. The van der Waals surface area contributed by atoms with Crippen molar-refractivity contribution in [2.24, 2.45) is 11.8 Å². The maximum Gasteiger partial charge on any atom is 0.323 e. The molecule has 0 amide bonds. The highest BCUT2D eigenvalue weighted by atomic mass is 16.4. The second kappa shape index (κ2) is 5.54. The van der Waals surface area contributed by atoms with Crippen LogP contribution in [0.4, 0.5) is 0 Å². The van der Waals surface area contributed by atoms with Crippen molar-refractivity contribution >= 4 is 5.97 Å². The van der Waals surface area contributed by atoms with E-state index >= 15 is 0 Å². The highest BCUT2D eigenvalue weighted by Gasteiger charge is 2.50. The predicted octanol–water partition coefficient (Wildman–Crippen LogP) is 2.48. The molecular weight excluding hydrogens is 264 g/mol. The van der Waals surface area contributed by atoms with E-state index in [1.807, 2.05) is 0 Å². The second-order valence-corrected chi connectivity index (χ2v) is 7.96. The summed E-state index contributed by atoms with van der Waals surface area (Å²) < 4.78 is 0. The van der Waals surface area contributed by atoms with Gasteiger partial charge in [-0.2, -0.15) is 0 Å². The summed E-state index contributed by atoms with van der Waals surface area (Å²) in [5, 5.41) is 13.2. The molecular formula is C17H30N2O2. The Bertz CT molecular complexity index is 410. The molecule has 1 aliphatic heterocycles. The van der Waals surface area contributed by atoms with Gasteiger partial charge >= 0.3 is 5.97 Å². The average Bonchev–Trinajstić information content (AvgIpc) is 3.11. The first-order chi connectivity index (χ1) is 9.91. The molecule has 3 fully saturated rings. The van der Waals surface area contributed by atoms with Crippen LogP contribution in [0.2, 0.25) is 0 Å². The fraction of sp³-hybridized carbons (Fsp3) is 0.941. The van der Waals surface area contributed by atoms with Crippen molar-refractivity contribution in [2.45, 2.75) is 83.0 Å². The summed E-state index contributed by atoms with van der Waals surface area (Å²) in [6.07, 6.45) is 6.18. The van der Waals surface area contributed by atoms with Gasteiger partial charge in [0.25, 0.3) is 0 Å². The zero-order valence-corrected chi connectivity index (χ0v) is 13.6. The van der Waals surface area contributed by atoms with Crippen LogP contribution in [0, 0.1) is 11.8 Å². The van der Waals surface area contributed by atoms with E-state index in [0.717, 1.165) is 44.6 Å². The molecule has 2 N–H and O–H groups in total. The monoisotopic (exact) mass is 294 g/mol. The van der Waals surface area contributed by atoms with Crippen LogP contribution < -0.4 is 5.32 Å². The van der Waals surface area contributed by atoms with E-state index in [2.05, 4.69) is 31.0 Å². The van der Waals surface area contributed by atoms with Gasteiger partial charge in [-0.05, 0) is 57.3 Å². The summed E-state index contributed by atoms with van der Waals surface area (Å²) in [4.78, 5) is 14.5.